The van der Waals surface area contributed by atoms with Crippen LogP contribution in [0.5, 0.6) is 0 Å². The fourth-order valence-corrected chi connectivity index (χ4v) is 3.88. The van der Waals surface area contributed by atoms with Crippen LogP contribution in [0.3, 0.4) is 0 Å². The van der Waals surface area contributed by atoms with Crippen molar-refractivity contribution in [1.82, 2.24) is 24.7 Å². The Morgan fingerprint density at radius 2 is 2.09 bits per heavy atom. The topological polar surface area (TPSA) is 160 Å². The number of pyridine rings is 1. The summed E-state index contributed by atoms with van der Waals surface area (Å²) in [5.41, 5.74) is -1.96. The minimum atomic E-state index is -4.57. The average molecular weight is 481 g/mol. The molecule has 0 bridgehead atoms. The number of anilines is 1. The third-order valence-corrected chi connectivity index (χ3v) is 5.88. The smallest absolute Gasteiger partial charge is 0.363 e. The van der Waals surface area contributed by atoms with E-state index < -0.39 is 29.2 Å². The van der Waals surface area contributed by atoms with Crippen LogP contribution in [0.15, 0.2) is 35.4 Å². The van der Waals surface area contributed by atoms with E-state index in [0.717, 1.165) is 18.7 Å². The Morgan fingerprint density at radius 1 is 1.31 bits per heavy atom. The van der Waals surface area contributed by atoms with Gasteiger partial charge in [0.2, 0.25) is 0 Å². The Balaban J connectivity index is 1.66. The Hall–Kier alpha value is -4.52. The van der Waals surface area contributed by atoms with Gasteiger partial charge in [0.05, 0.1) is 12.1 Å². The quantitative estimate of drug-likeness (QED) is 0.455. The molecule has 0 aromatic carbocycles. The van der Waals surface area contributed by atoms with Crippen molar-refractivity contribution in [3.63, 3.8) is 0 Å². The maximum atomic E-state index is 12.8. The zero-order valence-corrected chi connectivity index (χ0v) is 18.3. The molecule has 3 heterocycles. The first kappa shape index (κ1) is 23.6. The molecular weight excluding hydrogens is 463 g/mol. The van der Waals surface area contributed by atoms with E-state index in [1.165, 1.54) is 6.07 Å². The number of aromatic nitrogens is 5. The molecule has 4 rings (SSSR count). The molecule has 0 amide bonds. The number of rotatable bonds is 6. The van der Waals surface area contributed by atoms with Crippen molar-refractivity contribution in [3.8, 4) is 12.1 Å². The number of nitrogens with zero attached hydrogens (tertiary/aromatic N) is 6. The molecule has 13 heteroatoms. The molecule has 1 aliphatic carbocycles. The van der Waals surface area contributed by atoms with Gasteiger partial charge in [-0.25, -0.2) is 4.98 Å². The summed E-state index contributed by atoms with van der Waals surface area (Å²) < 4.78 is 40.1. The Bertz CT molecular complexity index is 1410. The van der Waals surface area contributed by atoms with E-state index in [1.807, 2.05) is 6.07 Å². The summed E-state index contributed by atoms with van der Waals surface area (Å²) in [4.78, 5) is 23.4. The molecule has 0 radical (unpaired) electrons. The first-order valence-electron chi connectivity index (χ1n) is 10.5. The highest BCUT2D eigenvalue weighted by Crippen LogP contribution is 2.44. The molecule has 3 unspecified atom stereocenters. The number of halogens is 3. The fourth-order valence-electron chi connectivity index (χ4n) is 3.88. The predicted molar refractivity (Wildman–Crippen MR) is 117 cm³/mol. The van der Waals surface area contributed by atoms with Crippen LogP contribution in [0.25, 0.3) is 0 Å². The van der Waals surface area contributed by atoms with Crippen molar-refractivity contribution in [2.75, 3.05) is 5.32 Å². The fraction of sp³-hybridized carbons (Fsp3) is 0.318. The van der Waals surface area contributed by atoms with Crippen molar-refractivity contribution in [3.05, 3.63) is 69.3 Å². The Labute approximate surface area is 196 Å². The standard InChI is InChI=1S/C22H18F3N9O/c1-11(12-2-5-17(29-10-12)22(23,24)25)30-20-18(15(28)9-27)21(35)32-19(31-20)14-3-4-16(14)34-7-6-13(8-26)33-34/h2,5-7,10-11,14,16,28H,3-4H2,1H3,(H2,30,31,32,35). The molecule has 1 aliphatic rings. The highest BCUT2D eigenvalue weighted by atomic mass is 19.4. The second kappa shape index (κ2) is 9.02. The summed E-state index contributed by atoms with van der Waals surface area (Å²) in [5, 5.41) is 33.3. The van der Waals surface area contributed by atoms with Crippen LogP contribution in [0.2, 0.25) is 0 Å². The van der Waals surface area contributed by atoms with Crippen molar-refractivity contribution >= 4 is 11.5 Å². The van der Waals surface area contributed by atoms with Crippen molar-refractivity contribution < 1.29 is 13.2 Å². The van der Waals surface area contributed by atoms with Crippen LogP contribution in [0, 0.1) is 28.1 Å². The summed E-state index contributed by atoms with van der Waals surface area (Å²) in [6.07, 6.45) is -0.410. The van der Waals surface area contributed by atoms with Crippen LogP contribution in [0.1, 0.15) is 66.1 Å². The average Bonchev–Trinajstić information content (AvgIpc) is 3.25. The third-order valence-electron chi connectivity index (χ3n) is 5.88. The van der Waals surface area contributed by atoms with Gasteiger partial charge < -0.3 is 10.3 Å². The van der Waals surface area contributed by atoms with Crippen LogP contribution in [-0.2, 0) is 6.18 Å². The van der Waals surface area contributed by atoms with E-state index in [9.17, 15) is 23.2 Å². The maximum absolute atomic E-state index is 12.8. The van der Waals surface area contributed by atoms with Gasteiger partial charge in [-0.05, 0) is 37.5 Å². The molecule has 10 nitrogen and oxygen atoms in total. The van der Waals surface area contributed by atoms with Crippen LogP contribution in [-0.4, -0.2) is 30.4 Å². The number of nitriles is 2. The van der Waals surface area contributed by atoms with Crippen LogP contribution < -0.4 is 10.9 Å². The lowest BCUT2D eigenvalue weighted by Crippen LogP contribution is -2.32. The highest BCUT2D eigenvalue weighted by Gasteiger charge is 2.37. The molecule has 3 atom stereocenters. The molecule has 0 spiro atoms. The second-order valence-corrected chi connectivity index (χ2v) is 8.05. The number of hydrogen-bond donors (Lipinski definition) is 3. The van der Waals surface area contributed by atoms with E-state index in [1.54, 1.807) is 29.9 Å². The first-order valence-corrected chi connectivity index (χ1v) is 10.5. The SMILES string of the molecule is CC(Nc1nc(C2CCC2n2ccc(C#N)n2)[nH]c(=O)c1C(=N)C#N)c1ccc(C(F)(F)F)nc1. The number of H-pyrrole nitrogens is 1. The summed E-state index contributed by atoms with van der Waals surface area (Å²) in [7, 11) is 0. The van der Waals surface area contributed by atoms with Gasteiger partial charge in [-0.15, -0.1) is 0 Å². The minimum Gasteiger partial charge on any atom is -0.363 e. The molecule has 178 valence electrons. The zero-order chi connectivity index (χ0) is 25.3. The molecule has 35 heavy (non-hydrogen) atoms. The van der Waals surface area contributed by atoms with Gasteiger partial charge >= 0.3 is 6.18 Å². The second-order valence-electron chi connectivity index (χ2n) is 8.05. The molecule has 0 aliphatic heterocycles. The molecule has 3 aromatic rings. The normalized spacial score (nSPS) is 18.1. The van der Waals surface area contributed by atoms with E-state index in [-0.39, 0.29) is 29.0 Å². The van der Waals surface area contributed by atoms with Gasteiger partial charge in [-0.1, -0.05) is 6.07 Å². The lowest BCUT2D eigenvalue weighted by atomic mass is 9.79. The highest BCUT2D eigenvalue weighted by molar-refractivity contribution is 6.12. The van der Waals surface area contributed by atoms with Gasteiger partial charge in [-0.2, -0.15) is 28.8 Å². The molecule has 3 N–H and O–H groups in total. The first-order chi connectivity index (χ1) is 16.6. The van der Waals surface area contributed by atoms with E-state index >= 15 is 0 Å². The maximum Gasteiger partial charge on any atom is 0.433 e. The van der Waals surface area contributed by atoms with Gasteiger partial charge in [-0.3, -0.25) is 19.9 Å². The largest absolute Gasteiger partial charge is 0.433 e. The summed E-state index contributed by atoms with van der Waals surface area (Å²) >= 11 is 0. The summed E-state index contributed by atoms with van der Waals surface area (Å²) in [5.74, 6) is 0.0459. The van der Waals surface area contributed by atoms with Gasteiger partial charge in [0.15, 0.2) is 5.69 Å². The van der Waals surface area contributed by atoms with E-state index in [2.05, 4.69) is 25.4 Å². The Kier molecular flexibility index (Phi) is 6.09. The minimum absolute atomic E-state index is 0.0356. The van der Waals surface area contributed by atoms with Crippen LogP contribution >= 0.6 is 0 Å². The summed E-state index contributed by atoms with van der Waals surface area (Å²) in [6.45, 7) is 1.63. The molecule has 3 aromatic heterocycles. The van der Waals surface area contributed by atoms with Gasteiger partial charge in [0, 0.05) is 18.3 Å². The van der Waals surface area contributed by atoms with Crippen molar-refractivity contribution in [2.24, 2.45) is 0 Å². The van der Waals surface area contributed by atoms with E-state index in [4.69, 9.17) is 10.7 Å². The number of aromatic amines is 1. The molecular formula is C22H18F3N9O. The Morgan fingerprint density at radius 3 is 2.63 bits per heavy atom. The molecule has 1 saturated carbocycles. The number of nitrogens with one attached hydrogen (secondary N) is 3. The zero-order valence-electron chi connectivity index (χ0n) is 18.3. The monoisotopic (exact) mass is 481 g/mol. The van der Waals surface area contributed by atoms with Crippen LogP contribution in [0.4, 0.5) is 19.0 Å². The third kappa shape index (κ3) is 4.61. The van der Waals surface area contributed by atoms with Gasteiger partial charge in [0.1, 0.15) is 40.7 Å². The van der Waals surface area contributed by atoms with Crippen molar-refractivity contribution in [1.29, 1.82) is 15.9 Å². The lowest BCUT2D eigenvalue weighted by molar-refractivity contribution is -0.141. The summed E-state index contributed by atoms with van der Waals surface area (Å²) in [6, 6.07) is 6.48. The number of hydrogen-bond acceptors (Lipinski definition) is 8. The predicted octanol–water partition coefficient (Wildman–Crippen LogP) is 3.44. The van der Waals surface area contributed by atoms with E-state index in [0.29, 0.717) is 17.8 Å². The number of alkyl halides is 3. The van der Waals surface area contributed by atoms with Crippen molar-refractivity contribution in [2.45, 2.75) is 43.9 Å². The van der Waals surface area contributed by atoms with Gasteiger partial charge in [0.25, 0.3) is 5.56 Å². The molecule has 0 saturated heterocycles. The molecule has 1 fully saturated rings. The lowest BCUT2D eigenvalue weighted by Gasteiger charge is -2.36.